The van der Waals surface area contributed by atoms with Crippen molar-refractivity contribution in [3.63, 3.8) is 0 Å². The highest BCUT2D eigenvalue weighted by Gasteiger charge is 2.21. The number of pyridine rings is 1. The van der Waals surface area contributed by atoms with Gasteiger partial charge in [-0.3, -0.25) is 9.78 Å². The van der Waals surface area contributed by atoms with Crippen molar-refractivity contribution >= 4 is 33.3 Å². The number of nitrogens with zero attached hydrogens (tertiary/aromatic N) is 1. The lowest BCUT2D eigenvalue weighted by Gasteiger charge is -2.09. The molecule has 0 spiro atoms. The quantitative estimate of drug-likeness (QED) is 0.788. The second-order valence-electron chi connectivity index (χ2n) is 4.59. The average Bonchev–Trinajstić information content (AvgIpc) is 2.87. The van der Waals surface area contributed by atoms with Gasteiger partial charge >= 0.3 is 0 Å². The van der Waals surface area contributed by atoms with E-state index in [9.17, 15) is 4.79 Å². The minimum absolute atomic E-state index is 0.105. The summed E-state index contributed by atoms with van der Waals surface area (Å²) in [7, 11) is 0. The van der Waals surface area contributed by atoms with Crippen LogP contribution in [0.4, 0.5) is 0 Å². The number of halogens is 2. The van der Waals surface area contributed by atoms with Crippen molar-refractivity contribution in [2.24, 2.45) is 0 Å². The Morgan fingerprint density at radius 1 is 1.45 bits per heavy atom. The second kappa shape index (κ2) is 5.54. The van der Waals surface area contributed by atoms with E-state index >= 15 is 0 Å². The lowest BCUT2D eigenvalue weighted by molar-refractivity contribution is 0.0987. The molecule has 102 valence electrons. The van der Waals surface area contributed by atoms with Crippen molar-refractivity contribution in [1.29, 1.82) is 0 Å². The number of carbonyl (C=O) groups excluding carboxylic acids is 1. The Bertz CT molecular complexity index is 688. The number of hydrogen-bond acceptors (Lipinski definition) is 3. The molecule has 0 N–H and O–H groups in total. The van der Waals surface area contributed by atoms with Crippen LogP contribution in [0.3, 0.4) is 0 Å². The zero-order chi connectivity index (χ0) is 14.1. The van der Waals surface area contributed by atoms with Crippen LogP contribution < -0.4 is 4.74 Å². The van der Waals surface area contributed by atoms with Crippen LogP contribution in [-0.2, 0) is 12.8 Å². The van der Waals surface area contributed by atoms with Crippen molar-refractivity contribution in [2.45, 2.75) is 12.8 Å². The summed E-state index contributed by atoms with van der Waals surface area (Å²) in [6.45, 7) is 0.664. The van der Waals surface area contributed by atoms with E-state index in [2.05, 4.69) is 20.9 Å². The predicted molar refractivity (Wildman–Crippen MR) is 80.6 cm³/mol. The van der Waals surface area contributed by atoms with Gasteiger partial charge in [0.05, 0.1) is 11.6 Å². The fraction of sp³-hybridized carbons (Fsp3) is 0.200. The summed E-state index contributed by atoms with van der Waals surface area (Å²) < 4.78 is 6.58. The number of rotatable bonds is 3. The van der Waals surface area contributed by atoms with Gasteiger partial charge in [0.2, 0.25) is 0 Å². The first kappa shape index (κ1) is 13.6. The summed E-state index contributed by atoms with van der Waals surface area (Å²) in [5.41, 5.74) is 2.31. The van der Waals surface area contributed by atoms with Crippen molar-refractivity contribution < 1.29 is 9.53 Å². The molecule has 0 saturated heterocycles. The summed E-state index contributed by atoms with van der Waals surface area (Å²) >= 11 is 9.48. The maximum Gasteiger partial charge on any atom is 0.187 e. The molecule has 3 rings (SSSR count). The fourth-order valence-electron chi connectivity index (χ4n) is 2.32. The molecule has 5 heteroatoms. The molecule has 0 saturated carbocycles. The van der Waals surface area contributed by atoms with Crippen molar-refractivity contribution in [2.75, 3.05) is 6.61 Å². The highest BCUT2D eigenvalue weighted by atomic mass is 79.9. The number of aromatic nitrogens is 1. The molecule has 2 heterocycles. The van der Waals surface area contributed by atoms with E-state index < -0.39 is 0 Å². The SMILES string of the molecule is O=C(Cc1cc(Br)cc2c1OCC2)c1ncccc1Cl. The number of fused-ring (bicyclic) bond motifs is 1. The Morgan fingerprint density at radius 3 is 3.10 bits per heavy atom. The number of ether oxygens (including phenoxy) is 1. The number of hydrogen-bond donors (Lipinski definition) is 0. The van der Waals surface area contributed by atoms with Crippen LogP contribution in [0.25, 0.3) is 0 Å². The van der Waals surface area contributed by atoms with Gasteiger partial charge in [0, 0.05) is 29.1 Å². The minimum Gasteiger partial charge on any atom is -0.493 e. The maximum atomic E-state index is 12.3. The molecule has 0 unspecified atom stereocenters. The molecule has 0 amide bonds. The maximum absolute atomic E-state index is 12.3. The highest BCUT2D eigenvalue weighted by Crippen LogP contribution is 2.33. The molecule has 0 radical (unpaired) electrons. The molecule has 1 aromatic heterocycles. The minimum atomic E-state index is -0.105. The fourth-order valence-corrected chi connectivity index (χ4v) is 3.10. The first-order chi connectivity index (χ1) is 9.65. The van der Waals surface area contributed by atoms with E-state index in [-0.39, 0.29) is 12.2 Å². The standard InChI is InChI=1S/C15H11BrClNO2/c16-11-6-9-3-5-20-15(9)10(7-11)8-13(19)14-12(17)2-1-4-18-14/h1-2,4,6-7H,3,5,8H2. The van der Waals surface area contributed by atoms with Crippen LogP contribution in [0.5, 0.6) is 5.75 Å². The Morgan fingerprint density at radius 2 is 2.30 bits per heavy atom. The van der Waals surface area contributed by atoms with E-state index in [0.717, 1.165) is 27.8 Å². The van der Waals surface area contributed by atoms with Crippen LogP contribution in [-0.4, -0.2) is 17.4 Å². The molecule has 0 fully saturated rings. The zero-order valence-electron chi connectivity index (χ0n) is 10.5. The third kappa shape index (κ3) is 2.58. The Labute approximate surface area is 130 Å². The van der Waals surface area contributed by atoms with Crippen molar-refractivity contribution in [1.82, 2.24) is 4.98 Å². The van der Waals surface area contributed by atoms with Gasteiger partial charge in [-0.2, -0.15) is 0 Å². The lowest BCUT2D eigenvalue weighted by atomic mass is 10.0. The molecule has 1 aliphatic rings. The predicted octanol–water partition coefficient (Wildman–Crippen LogP) is 3.86. The van der Waals surface area contributed by atoms with Gasteiger partial charge in [-0.1, -0.05) is 27.5 Å². The second-order valence-corrected chi connectivity index (χ2v) is 5.91. The molecule has 0 aliphatic carbocycles. The lowest BCUT2D eigenvalue weighted by Crippen LogP contribution is -2.07. The smallest absolute Gasteiger partial charge is 0.187 e. The topological polar surface area (TPSA) is 39.2 Å². The van der Waals surface area contributed by atoms with Gasteiger partial charge in [-0.25, -0.2) is 0 Å². The molecule has 20 heavy (non-hydrogen) atoms. The van der Waals surface area contributed by atoms with Gasteiger partial charge in [-0.15, -0.1) is 0 Å². The Hall–Kier alpha value is -1.39. The van der Waals surface area contributed by atoms with Crippen LogP contribution >= 0.6 is 27.5 Å². The molecule has 0 atom stereocenters. The van der Waals surface area contributed by atoms with Gasteiger partial charge in [-0.05, 0) is 29.8 Å². The van der Waals surface area contributed by atoms with E-state index in [1.54, 1.807) is 18.3 Å². The van der Waals surface area contributed by atoms with Crippen molar-refractivity contribution in [3.8, 4) is 5.75 Å². The summed E-state index contributed by atoms with van der Waals surface area (Å²) in [5.74, 6) is 0.722. The molecular formula is C15H11BrClNO2. The summed E-state index contributed by atoms with van der Waals surface area (Å²) in [6.07, 6.45) is 2.68. The normalized spacial score (nSPS) is 12.9. The molecule has 2 aromatic rings. The van der Waals surface area contributed by atoms with E-state index in [1.165, 1.54) is 0 Å². The average molecular weight is 353 g/mol. The first-order valence-electron chi connectivity index (χ1n) is 6.23. The third-order valence-corrected chi connectivity index (χ3v) is 3.96. The van der Waals surface area contributed by atoms with Crippen LogP contribution in [0, 0.1) is 0 Å². The summed E-state index contributed by atoms with van der Waals surface area (Å²) in [4.78, 5) is 16.4. The number of benzene rings is 1. The molecule has 1 aromatic carbocycles. The summed E-state index contributed by atoms with van der Waals surface area (Å²) in [6, 6.07) is 7.33. The van der Waals surface area contributed by atoms with E-state index in [0.29, 0.717) is 17.3 Å². The van der Waals surface area contributed by atoms with E-state index in [4.69, 9.17) is 16.3 Å². The third-order valence-electron chi connectivity index (χ3n) is 3.20. The number of Topliss-reactive ketones (excluding diaryl/α,β-unsaturated/α-hetero) is 1. The zero-order valence-corrected chi connectivity index (χ0v) is 12.9. The van der Waals surface area contributed by atoms with Crippen LogP contribution in [0.15, 0.2) is 34.9 Å². The van der Waals surface area contributed by atoms with Gasteiger partial charge in [0.15, 0.2) is 5.78 Å². The van der Waals surface area contributed by atoms with Crippen LogP contribution in [0.1, 0.15) is 21.6 Å². The van der Waals surface area contributed by atoms with E-state index in [1.807, 2.05) is 12.1 Å². The van der Waals surface area contributed by atoms with Gasteiger partial charge in [0.25, 0.3) is 0 Å². The largest absolute Gasteiger partial charge is 0.493 e. The van der Waals surface area contributed by atoms with Crippen molar-refractivity contribution in [3.05, 3.63) is 56.8 Å². The number of carbonyl (C=O) groups is 1. The number of ketones is 1. The van der Waals surface area contributed by atoms with Gasteiger partial charge in [0.1, 0.15) is 11.4 Å². The monoisotopic (exact) mass is 351 g/mol. The van der Waals surface area contributed by atoms with Gasteiger partial charge < -0.3 is 4.74 Å². The first-order valence-corrected chi connectivity index (χ1v) is 7.40. The molecular weight excluding hydrogens is 342 g/mol. The summed E-state index contributed by atoms with van der Waals surface area (Å²) in [5, 5.41) is 0.380. The molecule has 3 nitrogen and oxygen atoms in total. The Balaban J connectivity index is 1.93. The van der Waals surface area contributed by atoms with Crippen LogP contribution in [0.2, 0.25) is 5.02 Å². The Kier molecular flexibility index (Phi) is 3.76. The molecule has 1 aliphatic heterocycles. The highest BCUT2D eigenvalue weighted by molar-refractivity contribution is 9.10. The molecule has 0 bridgehead atoms.